The van der Waals surface area contributed by atoms with Crippen LogP contribution in [0.1, 0.15) is 36.7 Å². The lowest BCUT2D eigenvalue weighted by atomic mass is 10.1. The molecule has 3 rings (SSSR count). The van der Waals surface area contributed by atoms with Crippen molar-refractivity contribution in [1.29, 1.82) is 0 Å². The molecule has 0 bridgehead atoms. The SMILES string of the molecule is CCNC(=NCc1cccc(Cn2ccnc2C)c1)NC1CC=CC1. The number of imidazole rings is 1. The molecule has 0 aliphatic heterocycles. The van der Waals surface area contributed by atoms with E-state index in [1.807, 2.05) is 19.3 Å². The molecule has 0 saturated carbocycles. The highest BCUT2D eigenvalue weighted by Crippen LogP contribution is 2.11. The first-order valence-electron chi connectivity index (χ1n) is 9.00. The summed E-state index contributed by atoms with van der Waals surface area (Å²) in [5, 5.41) is 6.85. The number of rotatable bonds is 6. The lowest BCUT2D eigenvalue weighted by molar-refractivity contribution is 0.633. The summed E-state index contributed by atoms with van der Waals surface area (Å²) in [6, 6.07) is 9.08. The topological polar surface area (TPSA) is 54.2 Å². The van der Waals surface area contributed by atoms with Gasteiger partial charge >= 0.3 is 0 Å². The molecule has 5 nitrogen and oxygen atoms in total. The van der Waals surface area contributed by atoms with Crippen LogP contribution in [0.2, 0.25) is 0 Å². The van der Waals surface area contributed by atoms with Crippen molar-refractivity contribution in [2.45, 2.75) is 45.8 Å². The highest BCUT2D eigenvalue weighted by molar-refractivity contribution is 5.80. The quantitative estimate of drug-likeness (QED) is 0.484. The van der Waals surface area contributed by atoms with Crippen molar-refractivity contribution in [3.63, 3.8) is 0 Å². The first-order valence-corrected chi connectivity index (χ1v) is 9.00. The third kappa shape index (κ3) is 4.95. The van der Waals surface area contributed by atoms with Crippen LogP contribution in [0.15, 0.2) is 53.8 Å². The van der Waals surface area contributed by atoms with E-state index in [1.54, 1.807) is 0 Å². The summed E-state index contributed by atoms with van der Waals surface area (Å²) in [6.45, 7) is 6.51. The molecule has 0 spiro atoms. The summed E-state index contributed by atoms with van der Waals surface area (Å²) >= 11 is 0. The summed E-state index contributed by atoms with van der Waals surface area (Å²) in [7, 11) is 0. The van der Waals surface area contributed by atoms with E-state index < -0.39 is 0 Å². The molecule has 2 N–H and O–H groups in total. The van der Waals surface area contributed by atoms with Crippen molar-refractivity contribution in [3.8, 4) is 0 Å². The Labute approximate surface area is 149 Å². The van der Waals surface area contributed by atoms with E-state index in [9.17, 15) is 0 Å². The molecule has 1 aliphatic carbocycles. The number of hydrogen-bond acceptors (Lipinski definition) is 2. The zero-order valence-corrected chi connectivity index (χ0v) is 15.1. The molecular formula is C20H27N5. The zero-order valence-electron chi connectivity index (χ0n) is 15.1. The molecule has 0 unspecified atom stereocenters. The fraction of sp³-hybridized carbons (Fsp3) is 0.400. The molecule has 1 aromatic heterocycles. The van der Waals surface area contributed by atoms with E-state index in [1.165, 1.54) is 11.1 Å². The molecule has 2 aromatic rings. The summed E-state index contributed by atoms with van der Waals surface area (Å²) < 4.78 is 2.15. The zero-order chi connectivity index (χ0) is 17.5. The monoisotopic (exact) mass is 337 g/mol. The van der Waals surface area contributed by atoms with Crippen LogP contribution in [0, 0.1) is 6.92 Å². The number of benzene rings is 1. The molecule has 1 aromatic carbocycles. The standard InChI is InChI=1S/C20H27N5/c1-3-21-20(24-19-9-4-5-10-19)23-14-17-7-6-8-18(13-17)15-25-12-11-22-16(25)2/h4-8,11-13,19H,3,9-10,14-15H2,1-2H3,(H2,21,23,24). The van der Waals surface area contributed by atoms with E-state index in [-0.39, 0.29) is 0 Å². The van der Waals surface area contributed by atoms with Gasteiger partial charge in [0.25, 0.3) is 0 Å². The molecule has 0 amide bonds. The van der Waals surface area contributed by atoms with Gasteiger partial charge in [0.05, 0.1) is 6.54 Å². The largest absolute Gasteiger partial charge is 0.357 e. The number of aliphatic imine (C=N–C) groups is 1. The maximum atomic E-state index is 4.75. The third-order valence-electron chi connectivity index (χ3n) is 4.38. The van der Waals surface area contributed by atoms with Crippen LogP contribution in [0.5, 0.6) is 0 Å². The van der Waals surface area contributed by atoms with Crippen molar-refractivity contribution in [1.82, 2.24) is 20.2 Å². The van der Waals surface area contributed by atoms with Crippen LogP contribution >= 0.6 is 0 Å². The van der Waals surface area contributed by atoms with Crippen LogP contribution in [-0.2, 0) is 13.1 Å². The Morgan fingerprint density at radius 2 is 2.08 bits per heavy atom. The maximum Gasteiger partial charge on any atom is 0.191 e. The van der Waals surface area contributed by atoms with Crippen molar-refractivity contribution in [2.24, 2.45) is 4.99 Å². The van der Waals surface area contributed by atoms with Crippen molar-refractivity contribution < 1.29 is 0 Å². The molecule has 1 heterocycles. The normalized spacial score (nSPS) is 14.9. The predicted molar refractivity (Wildman–Crippen MR) is 103 cm³/mol. The summed E-state index contributed by atoms with van der Waals surface area (Å²) in [5.41, 5.74) is 2.49. The second-order valence-electron chi connectivity index (χ2n) is 6.40. The fourth-order valence-electron chi connectivity index (χ4n) is 3.01. The lowest BCUT2D eigenvalue weighted by Crippen LogP contribution is -2.42. The van der Waals surface area contributed by atoms with Gasteiger partial charge in [-0.3, -0.25) is 0 Å². The number of nitrogens with zero attached hydrogens (tertiary/aromatic N) is 3. The van der Waals surface area contributed by atoms with Gasteiger partial charge < -0.3 is 15.2 Å². The molecule has 132 valence electrons. The average molecular weight is 337 g/mol. The van der Waals surface area contributed by atoms with Crippen LogP contribution in [0.3, 0.4) is 0 Å². The first-order chi connectivity index (χ1) is 12.2. The Kier molecular flexibility index (Phi) is 5.88. The van der Waals surface area contributed by atoms with E-state index in [4.69, 9.17) is 4.99 Å². The van der Waals surface area contributed by atoms with Gasteiger partial charge in [0.1, 0.15) is 5.82 Å². The first kappa shape index (κ1) is 17.3. The Bertz CT molecular complexity index is 736. The Hall–Kier alpha value is -2.56. The molecule has 5 heteroatoms. The Morgan fingerprint density at radius 1 is 1.28 bits per heavy atom. The van der Waals surface area contributed by atoms with Gasteiger partial charge in [0.15, 0.2) is 5.96 Å². The van der Waals surface area contributed by atoms with Gasteiger partial charge in [-0.25, -0.2) is 9.98 Å². The van der Waals surface area contributed by atoms with Gasteiger partial charge in [-0.1, -0.05) is 36.4 Å². The second-order valence-corrected chi connectivity index (χ2v) is 6.40. The van der Waals surface area contributed by atoms with Gasteiger partial charge in [-0.05, 0) is 37.8 Å². The summed E-state index contributed by atoms with van der Waals surface area (Å²) in [4.78, 5) is 9.03. The number of aryl methyl sites for hydroxylation is 1. The number of aromatic nitrogens is 2. The van der Waals surface area contributed by atoms with Gasteiger partial charge in [-0.2, -0.15) is 0 Å². The number of hydrogen-bond donors (Lipinski definition) is 2. The molecule has 0 atom stereocenters. The third-order valence-corrected chi connectivity index (χ3v) is 4.38. The molecule has 0 fully saturated rings. The smallest absolute Gasteiger partial charge is 0.191 e. The summed E-state index contributed by atoms with van der Waals surface area (Å²) in [6.07, 6.45) is 10.5. The van der Waals surface area contributed by atoms with Gasteiger partial charge in [0.2, 0.25) is 0 Å². The van der Waals surface area contributed by atoms with Gasteiger partial charge in [-0.15, -0.1) is 0 Å². The van der Waals surface area contributed by atoms with Crippen LogP contribution in [0.25, 0.3) is 0 Å². The van der Waals surface area contributed by atoms with E-state index in [2.05, 4.69) is 63.5 Å². The number of guanidine groups is 1. The maximum absolute atomic E-state index is 4.75. The van der Waals surface area contributed by atoms with E-state index in [0.717, 1.165) is 37.7 Å². The van der Waals surface area contributed by atoms with E-state index in [0.29, 0.717) is 12.6 Å². The fourth-order valence-corrected chi connectivity index (χ4v) is 3.01. The minimum atomic E-state index is 0.466. The molecule has 0 radical (unpaired) electrons. The van der Waals surface area contributed by atoms with Gasteiger partial charge in [0, 0.05) is 31.5 Å². The molecule has 1 aliphatic rings. The predicted octanol–water partition coefficient (Wildman–Crippen LogP) is 3.01. The Morgan fingerprint density at radius 3 is 2.80 bits per heavy atom. The van der Waals surface area contributed by atoms with Crippen molar-refractivity contribution >= 4 is 5.96 Å². The summed E-state index contributed by atoms with van der Waals surface area (Å²) in [5.74, 6) is 1.93. The van der Waals surface area contributed by atoms with Crippen molar-refractivity contribution in [3.05, 3.63) is 65.8 Å². The molecule has 25 heavy (non-hydrogen) atoms. The molecule has 0 saturated heterocycles. The molecular weight excluding hydrogens is 310 g/mol. The second kappa shape index (κ2) is 8.51. The van der Waals surface area contributed by atoms with Crippen LogP contribution in [-0.4, -0.2) is 28.1 Å². The Balaban J connectivity index is 1.64. The lowest BCUT2D eigenvalue weighted by Gasteiger charge is -2.16. The van der Waals surface area contributed by atoms with E-state index >= 15 is 0 Å². The minimum absolute atomic E-state index is 0.466. The highest BCUT2D eigenvalue weighted by atomic mass is 15.2. The van der Waals surface area contributed by atoms with Crippen LogP contribution < -0.4 is 10.6 Å². The highest BCUT2D eigenvalue weighted by Gasteiger charge is 2.11. The van der Waals surface area contributed by atoms with Crippen molar-refractivity contribution in [2.75, 3.05) is 6.54 Å². The van der Waals surface area contributed by atoms with Crippen LogP contribution in [0.4, 0.5) is 0 Å². The number of nitrogens with one attached hydrogen (secondary N) is 2. The minimum Gasteiger partial charge on any atom is -0.357 e. The average Bonchev–Trinajstić information content (AvgIpc) is 3.26.